The molecule has 1 aliphatic carbocycles. The third-order valence-electron chi connectivity index (χ3n) is 3.28. The highest BCUT2D eigenvalue weighted by Crippen LogP contribution is 2.22. The van der Waals surface area contributed by atoms with Gasteiger partial charge in [0.1, 0.15) is 0 Å². The van der Waals surface area contributed by atoms with Crippen molar-refractivity contribution in [2.75, 3.05) is 6.61 Å². The zero-order valence-corrected chi connectivity index (χ0v) is 11.1. The van der Waals surface area contributed by atoms with Gasteiger partial charge in [-0.25, -0.2) is 0 Å². The van der Waals surface area contributed by atoms with Crippen LogP contribution in [0.1, 0.15) is 18.9 Å². The zero-order chi connectivity index (χ0) is 13.7. The molecule has 0 radical (unpaired) electrons. The van der Waals surface area contributed by atoms with Gasteiger partial charge in [-0.1, -0.05) is 30.3 Å². The van der Waals surface area contributed by atoms with Gasteiger partial charge in [-0.2, -0.15) is 0 Å². The molecule has 1 aromatic carbocycles. The quantitative estimate of drug-likeness (QED) is 0.785. The lowest BCUT2D eigenvalue weighted by atomic mass is 9.83. The van der Waals surface area contributed by atoms with E-state index in [1.165, 1.54) is 6.08 Å². The molecular formula is C15H20N2O2. The fourth-order valence-electron chi connectivity index (χ4n) is 2.18. The van der Waals surface area contributed by atoms with Crippen LogP contribution in [0.4, 0.5) is 0 Å². The second-order valence-electron chi connectivity index (χ2n) is 4.67. The van der Waals surface area contributed by atoms with E-state index in [-0.39, 0.29) is 24.1 Å². The van der Waals surface area contributed by atoms with Crippen LogP contribution in [-0.2, 0) is 9.53 Å². The van der Waals surface area contributed by atoms with Crippen LogP contribution in [0, 0.1) is 0 Å². The van der Waals surface area contributed by atoms with Crippen molar-refractivity contribution in [2.24, 2.45) is 5.73 Å². The standard InChI is InChI=1S/C15H20N2O2/c1-2-19-13-10-12(16)15(13)17-14(18)9-8-11-6-4-3-5-7-11/h3-9,12-13,15H,2,10,16H2,1H3,(H,17,18). The monoisotopic (exact) mass is 260 g/mol. The van der Waals surface area contributed by atoms with E-state index in [4.69, 9.17) is 10.5 Å². The Morgan fingerprint density at radius 1 is 1.47 bits per heavy atom. The van der Waals surface area contributed by atoms with E-state index in [0.717, 1.165) is 12.0 Å². The third kappa shape index (κ3) is 3.66. The van der Waals surface area contributed by atoms with Gasteiger partial charge in [0.25, 0.3) is 0 Å². The SMILES string of the molecule is CCOC1CC(N)C1NC(=O)C=Cc1ccccc1. The first kappa shape index (κ1) is 13.8. The van der Waals surface area contributed by atoms with Gasteiger partial charge < -0.3 is 15.8 Å². The molecule has 102 valence electrons. The molecule has 0 bridgehead atoms. The molecule has 19 heavy (non-hydrogen) atoms. The van der Waals surface area contributed by atoms with Crippen molar-refractivity contribution >= 4 is 12.0 Å². The number of carbonyl (C=O) groups excluding carboxylic acids is 1. The lowest BCUT2D eigenvalue weighted by Gasteiger charge is -2.42. The first-order chi connectivity index (χ1) is 9.20. The fourth-order valence-corrected chi connectivity index (χ4v) is 2.18. The number of benzene rings is 1. The van der Waals surface area contributed by atoms with Crippen molar-refractivity contribution in [3.05, 3.63) is 42.0 Å². The summed E-state index contributed by atoms with van der Waals surface area (Å²) in [6.07, 6.45) is 4.17. The molecule has 2 rings (SSSR count). The molecule has 1 saturated carbocycles. The first-order valence-corrected chi connectivity index (χ1v) is 6.61. The average Bonchev–Trinajstić information content (AvgIpc) is 2.43. The summed E-state index contributed by atoms with van der Waals surface area (Å²) in [6, 6.07) is 9.62. The Kier molecular flexibility index (Phi) is 4.71. The van der Waals surface area contributed by atoms with Crippen LogP contribution >= 0.6 is 0 Å². The van der Waals surface area contributed by atoms with E-state index in [1.807, 2.05) is 37.3 Å². The summed E-state index contributed by atoms with van der Waals surface area (Å²) in [5.41, 5.74) is 6.88. The van der Waals surface area contributed by atoms with Gasteiger partial charge in [-0.3, -0.25) is 4.79 Å². The Bertz CT molecular complexity index is 443. The minimum absolute atomic E-state index is 0.00868. The number of hydrogen-bond donors (Lipinski definition) is 2. The number of hydrogen-bond acceptors (Lipinski definition) is 3. The number of rotatable bonds is 5. The maximum atomic E-state index is 11.8. The number of nitrogens with one attached hydrogen (secondary N) is 1. The Balaban J connectivity index is 1.86. The second-order valence-corrected chi connectivity index (χ2v) is 4.67. The molecule has 3 unspecified atom stereocenters. The van der Waals surface area contributed by atoms with E-state index in [2.05, 4.69) is 5.32 Å². The molecule has 1 aliphatic rings. The number of ether oxygens (including phenoxy) is 1. The Morgan fingerprint density at radius 2 is 2.21 bits per heavy atom. The summed E-state index contributed by atoms with van der Waals surface area (Å²) in [6.45, 7) is 2.58. The number of carbonyl (C=O) groups is 1. The first-order valence-electron chi connectivity index (χ1n) is 6.61. The van der Waals surface area contributed by atoms with Crippen molar-refractivity contribution in [3.63, 3.8) is 0 Å². The van der Waals surface area contributed by atoms with Gasteiger partial charge in [0.15, 0.2) is 0 Å². The number of nitrogens with two attached hydrogens (primary N) is 1. The largest absolute Gasteiger partial charge is 0.376 e. The third-order valence-corrected chi connectivity index (χ3v) is 3.28. The minimum atomic E-state index is -0.131. The molecule has 4 nitrogen and oxygen atoms in total. The van der Waals surface area contributed by atoms with Gasteiger partial charge >= 0.3 is 0 Å². The summed E-state index contributed by atoms with van der Waals surface area (Å²) in [5.74, 6) is -0.131. The molecule has 3 atom stereocenters. The normalized spacial score (nSPS) is 26.1. The van der Waals surface area contributed by atoms with Gasteiger partial charge in [-0.05, 0) is 25.0 Å². The molecule has 1 aromatic rings. The molecule has 1 fully saturated rings. The Morgan fingerprint density at radius 3 is 2.84 bits per heavy atom. The predicted octanol–water partition coefficient (Wildman–Crippen LogP) is 1.32. The topological polar surface area (TPSA) is 64.3 Å². The van der Waals surface area contributed by atoms with Crippen LogP contribution in [0.15, 0.2) is 36.4 Å². The molecule has 3 N–H and O–H groups in total. The van der Waals surface area contributed by atoms with E-state index < -0.39 is 0 Å². The molecule has 0 aromatic heterocycles. The molecule has 0 saturated heterocycles. The maximum absolute atomic E-state index is 11.8. The van der Waals surface area contributed by atoms with Crippen molar-refractivity contribution in [1.82, 2.24) is 5.32 Å². The summed E-state index contributed by atoms with van der Waals surface area (Å²) in [4.78, 5) is 11.8. The highest BCUT2D eigenvalue weighted by Gasteiger charge is 2.39. The molecular weight excluding hydrogens is 240 g/mol. The lowest BCUT2D eigenvalue weighted by Crippen LogP contribution is -2.64. The molecule has 1 amide bonds. The van der Waals surface area contributed by atoms with E-state index >= 15 is 0 Å². The summed E-state index contributed by atoms with van der Waals surface area (Å²) in [7, 11) is 0. The van der Waals surface area contributed by atoms with E-state index in [1.54, 1.807) is 6.08 Å². The van der Waals surface area contributed by atoms with Crippen LogP contribution < -0.4 is 11.1 Å². The smallest absolute Gasteiger partial charge is 0.244 e. The Hall–Kier alpha value is -1.65. The van der Waals surface area contributed by atoms with Gasteiger partial charge in [0.2, 0.25) is 5.91 Å². The molecule has 4 heteroatoms. The van der Waals surface area contributed by atoms with Crippen molar-refractivity contribution < 1.29 is 9.53 Å². The van der Waals surface area contributed by atoms with Crippen molar-refractivity contribution in [1.29, 1.82) is 0 Å². The number of amides is 1. The highest BCUT2D eigenvalue weighted by atomic mass is 16.5. The average molecular weight is 260 g/mol. The summed E-state index contributed by atoms with van der Waals surface area (Å²) < 4.78 is 5.51. The minimum Gasteiger partial charge on any atom is -0.376 e. The van der Waals surface area contributed by atoms with Gasteiger partial charge in [0.05, 0.1) is 12.1 Å². The molecule has 0 spiro atoms. The second kappa shape index (κ2) is 6.50. The zero-order valence-electron chi connectivity index (χ0n) is 11.1. The van der Waals surface area contributed by atoms with Crippen LogP contribution in [-0.4, -0.2) is 30.7 Å². The highest BCUT2D eigenvalue weighted by molar-refractivity contribution is 5.92. The van der Waals surface area contributed by atoms with Gasteiger partial charge in [-0.15, -0.1) is 0 Å². The summed E-state index contributed by atoms with van der Waals surface area (Å²) in [5, 5.41) is 2.90. The van der Waals surface area contributed by atoms with Crippen LogP contribution in [0.2, 0.25) is 0 Å². The molecule has 0 heterocycles. The fraction of sp³-hybridized carbons (Fsp3) is 0.400. The maximum Gasteiger partial charge on any atom is 0.244 e. The van der Waals surface area contributed by atoms with Crippen LogP contribution in [0.5, 0.6) is 0 Å². The van der Waals surface area contributed by atoms with E-state index in [9.17, 15) is 4.79 Å². The van der Waals surface area contributed by atoms with Crippen molar-refractivity contribution in [2.45, 2.75) is 31.5 Å². The lowest BCUT2D eigenvalue weighted by molar-refractivity contribution is -0.121. The van der Waals surface area contributed by atoms with E-state index in [0.29, 0.717) is 6.61 Å². The predicted molar refractivity (Wildman–Crippen MR) is 75.4 cm³/mol. The summed E-state index contributed by atoms with van der Waals surface area (Å²) >= 11 is 0. The molecule has 0 aliphatic heterocycles. The Labute approximate surface area is 113 Å². The van der Waals surface area contributed by atoms with Crippen molar-refractivity contribution in [3.8, 4) is 0 Å². The van der Waals surface area contributed by atoms with Gasteiger partial charge in [0, 0.05) is 18.7 Å². The van der Waals surface area contributed by atoms with Crippen LogP contribution in [0.3, 0.4) is 0 Å². The van der Waals surface area contributed by atoms with Crippen LogP contribution in [0.25, 0.3) is 6.08 Å².